The molecule has 5 fully saturated rings. The molecule has 3 saturated carbocycles. The Labute approximate surface area is 145 Å². The Morgan fingerprint density at radius 2 is 2.12 bits per heavy atom. The molecule has 6 atom stereocenters. The second-order valence-corrected chi connectivity index (χ2v) is 9.15. The van der Waals surface area contributed by atoms with Gasteiger partial charge in [0.25, 0.3) is 0 Å². The highest BCUT2D eigenvalue weighted by Crippen LogP contribution is 2.65. The number of nitrogens with one attached hydrogen (secondary N) is 1. The van der Waals surface area contributed by atoms with E-state index in [2.05, 4.69) is 26.1 Å². The summed E-state index contributed by atoms with van der Waals surface area (Å²) in [6, 6.07) is -0.372. The molecule has 2 N–H and O–H groups in total. The van der Waals surface area contributed by atoms with Crippen LogP contribution in [0.1, 0.15) is 52.9 Å². The van der Waals surface area contributed by atoms with Crippen LogP contribution in [0.15, 0.2) is 0 Å². The molecule has 24 heavy (non-hydrogen) atoms. The monoisotopic (exact) mass is 335 g/mol. The molecule has 5 nitrogen and oxygen atoms in total. The second kappa shape index (κ2) is 5.71. The van der Waals surface area contributed by atoms with Crippen LogP contribution in [0.5, 0.6) is 0 Å². The van der Waals surface area contributed by atoms with Gasteiger partial charge in [0.1, 0.15) is 6.04 Å². The lowest BCUT2D eigenvalue weighted by molar-refractivity contribution is -0.199. The molecule has 2 bridgehead atoms. The maximum atomic E-state index is 11.2. The summed E-state index contributed by atoms with van der Waals surface area (Å²) in [5.41, 5.74) is 0.259. The van der Waals surface area contributed by atoms with Crippen molar-refractivity contribution in [3.8, 4) is 0 Å². The normalized spacial score (nSPS) is 45.8. The van der Waals surface area contributed by atoms with E-state index in [0.29, 0.717) is 11.3 Å². The van der Waals surface area contributed by atoms with Crippen LogP contribution < -0.4 is 5.32 Å². The second-order valence-electron chi connectivity index (χ2n) is 9.15. The Balaban J connectivity index is 1.30. The van der Waals surface area contributed by atoms with Crippen molar-refractivity contribution in [1.29, 1.82) is 0 Å². The van der Waals surface area contributed by atoms with Gasteiger partial charge in [-0.05, 0) is 68.6 Å². The summed E-state index contributed by atoms with van der Waals surface area (Å²) in [6.07, 6.45) is 6.41. The average molecular weight is 335 g/mol. The van der Waals surface area contributed by atoms with Gasteiger partial charge in [0.2, 0.25) is 0 Å². The maximum Gasteiger partial charge on any atom is 0.457 e. The number of carbonyl (C=O) groups is 1. The van der Waals surface area contributed by atoms with Crippen LogP contribution in [0.4, 0.5) is 0 Å². The number of carboxylic acids is 1. The SMILES string of the molecule is CC1(C)[C@H]2C[C@@H]3OB(CCC[C@@H]4CCN[C@@H]4C(=O)O)O[C@]3(C)[C@@H]1C2. The first-order valence-corrected chi connectivity index (χ1v) is 9.62. The van der Waals surface area contributed by atoms with Gasteiger partial charge in [-0.15, -0.1) is 0 Å². The lowest BCUT2D eigenvalue weighted by Gasteiger charge is -2.64. The zero-order valence-corrected chi connectivity index (χ0v) is 15.1. The number of aliphatic carboxylic acids is 1. The fourth-order valence-electron chi connectivity index (χ4n) is 5.98. The van der Waals surface area contributed by atoms with Gasteiger partial charge in [0.05, 0.1) is 11.7 Å². The van der Waals surface area contributed by atoms with E-state index >= 15 is 0 Å². The topological polar surface area (TPSA) is 67.8 Å². The molecule has 0 aromatic rings. The average Bonchev–Trinajstić information content (AvgIpc) is 3.09. The molecule has 0 aromatic carbocycles. The minimum Gasteiger partial charge on any atom is -0.480 e. The van der Waals surface area contributed by atoms with E-state index in [-0.39, 0.29) is 30.8 Å². The van der Waals surface area contributed by atoms with Crippen molar-refractivity contribution >= 4 is 13.1 Å². The minimum atomic E-state index is -0.716. The van der Waals surface area contributed by atoms with E-state index in [0.717, 1.165) is 44.5 Å². The fourth-order valence-corrected chi connectivity index (χ4v) is 5.98. The molecular weight excluding hydrogens is 305 g/mol. The number of carboxylic acid groups (broad SMARTS) is 1. The van der Waals surface area contributed by atoms with E-state index < -0.39 is 5.97 Å². The third kappa shape index (κ3) is 2.45. The molecule has 2 heterocycles. The third-order valence-corrected chi connectivity index (χ3v) is 7.63. The number of hydrogen-bond donors (Lipinski definition) is 2. The van der Waals surface area contributed by atoms with Gasteiger partial charge in [-0.1, -0.05) is 20.3 Å². The van der Waals surface area contributed by atoms with Gasteiger partial charge in [-0.25, -0.2) is 0 Å². The van der Waals surface area contributed by atoms with Gasteiger partial charge in [-0.2, -0.15) is 0 Å². The highest BCUT2D eigenvalue weighted by atomic mass is 16.7. The van der Waals surface area contributed by atoms with E-state index in [4.69, 9.17) is 9.31 Å². The first-order chi connectivity index (χ1) is 11.3. The zero-order chi connectivity index (χ0) is 17.1. The number of hydrogen-bond acceptors (Lipinski definition) is 4. The molecule has 5 rings (SSSR count). The Hall–Kier alpha value is -0.585. The quantitative estimate of drug-likeness (QED) is 0.756. The predicted octanol–water partition coefficient (Wildman–Crippen LogP) is 2.56. The highest BCUT2D eigenvalue weighted by molar-refractivity contribution is 6.45. The van der Waals surface area contributed by atoms with E-state index in [1.807, 2.05) is 0 Å². The van der Waals surface area contributed by atoms with E-state index in [9.17, 15) is 9.90 Å². The lowest BCUT2D eigenvalue weighted by atomic mass is 9.43. The van der Waals surface area contributed by atoms with Crippen LogP contribution in [-0.4, -0.2) is 42.5 Å². The molecule has 134 valence electrons. The largest absolute Gasteiger partial charge is 0.480 e. The molecule has 0 amide bonds. The van der Waals surface area contributed by atoms with Crippen molar-refractivity contribution in [1.82, 2.24) is 5.32 Å². The van der Waals surface area contributed by atoms with Gasteiger partial charge in [0.15, 0.2) is 0 Å². The van der Waals surface area contributed by atoms with Crippen LogP contribution in [0, 0.1) is 23.2 Å². The molecule has 5 aliphatic rings. The third-order valence-electron chi connectivity index (χ3n) is 7.63. The van der Waals surface area contributed by atoms with Gasteiger partial charge >= 0.3 is 13.1 Å². The summed E-state index contributed by atoms with van der Waals surface area (Å²) in [7, 11) is -0.104. The molecule has 3 aliphatic carbocycles. The summed E-state index contributed by atoms with van der Waals surface area (Å²) in [5, 5.41) is 12.3. The molecule has 2 saturated heterocycles. The van der Waals surface area contributed by atoms with Crippen molar-refractivity contribution in [2.24, 2.45) is 23.2 Å². The minimum absolute atomic E-state index is 0.104. The Kier molecular flexibility index (Phi) is 4.01. The molecular formula is C18H30BNO4. The smallest absolute Gasteiger partial charge is 0.457 e. The van der Waals surface area contributed by atoms with Crippen LogP contribution in [-0.2, 0) is 14.1 Å². The predicted molar refractivity (Wildman–Crippen MR) is 91.7 cm³/mol. The van der Waals surface area contributed by atoms with Crippen molar-refractivity contribution in [3.63, 3.8) is 0 Å². The van der Waals surface area contributed by atoms with Crippen molar-refractivity contribution < 1.29 is 19.2 Å². The Bertz CT molecular complexity index is 527. The van der Waals surface area contributed by atoms with E-state index in [1.54, 1.807) is 0 Å². The Morgan fingerprint density at radius 3 is 2.83 bits per heavy atom. The van der Waals surface area contributed by atoms with Crippen LogP contribution in [0.25, 0.3) is 0 Å². The fraction of sp³-hybridized carbons (Fsp3) is 0.944. The number of rotatable bonds is 5. The highest BCUT2D eigenvalue weighted by Gasteiger charge is 2.67. The summed E-state index contributed by atoms with van der Waals surface area (Å²) >= 11 is 0. The first-order valence-electron chi connectivity index (χ1n) is 9.62. The summed E-state index contributed by atoms with van der Waals surface area (Å²) in [6.45, 7) is 7.82. The standard InChI is InChI=1S/C18H30BNO4/c1-17(2)12-9-13(17)18(3)14(10-12)23-19(24-18)7-4-5-11-6-8-20-15(11)16(21)22/h11-15,20H,4-10H2,1-3H3,(H,21,22)/t11-,12-,13-,14+,15+,18-/m1/s1. The maximum absolute atomic E-state index is 11.2. The van der Waals surface area contributed by atoms with Crippen LogP contribution >= 0.6 is 0 Å². The Morgan fingerprint density at radius 1 is 1.33 bits per heavy atom. The zero-order valence-electron chi connectivity index (χ0n) is 15.1. The van der Waals surface area contributed by atoms with Gasteiger partial charge in [-0.3, -0.25) is 4.79 Å². The van der Waals surface area contributed by atoms with Crippen LogP contribution in [0.3, 0.4) is 0 Å². The molecule has 0 spiro atoms. The summed E-state index contributed by atoms with van der Waals surface area (Å²) in [4.78, 5) is 11.2. The summed E-state index contributed by atoms with van der Waals surface area (Å²) in [5.74, 6) is 0.915. The molecule has 0 aromatic heterocycles. The van der Waals surface area contributed by atoms with Gasteiger partial charge in [0, 0.05) is 0 Å². The molecule has 0 unspecified atom stereocenters. The summed E-state index contributed by atoms with van der Waals surface area (Å²) < 4.78 is 12.7. The van der Waals surface area contributed by atoms with Crippen molar-refractivity contribution in [2.75, 3.05) is 6.54 Å². The van der Waals surface area contributed by atoms with Gasteiger partial charge < -0.3 is 19.7 Å². The molecule has 0 radical (unpaired) electrons. The lowest BCUT2D eigenvalue weighted by Crippen LogP contribution is -2.65. The molecule has 6 heteroatoms. The van der Waals surface area contributed by atoms with Crippen molar-refractivity contribution in [3.05, 3.63) is 0 Å². The first kappa shape index (κ1) is 16.9. The van der Waals surface area contributed by atoms with E-state index in [1.165, 1.54) is 6.42 Å². The molecule has 2 aliphatic heterocycles. The van der Waals surface area contributed by atoms with Crippen molar-refractivity contribution in [2.45, 2.75) is 76.9 Å². The van der Waals surface area contributed by atoms with Crippen LogP contribution in [0.2, 0.25) is 6.32 Å².